The predicted molar refractivity (Wildman–Crippen MR) is 88.6 cm³/mol. The molecular weight excluding hydrogens is 349 g/mol. The molecule has 0 aliphatic rings. The topological polar surface area (TPSA) is 50.9 Å². The maximum Gasteiger partial charge on any atom is 0.0703 e. The van der Waals surface area contributed by atoms with Crippen LogP contribution in [0.15, 0.2) is 54.7 Å². The van der Waals surface area contributed by atoms with E-state index < -0.39 is 0 Å². The van der Waals surface area contributed by atoms with Crippen LogP contribution < -0.4 is 11.1 Å². The van der Waals surface area contributed by atoms with Crippen LogP contribution in [0.5, 0.6) is 0 Å². The van der Waals surface area contributed by atoms with E-state index in [1.54, 1.807) is 6.20 Å². The third kappa shape index (κ3) is 2.63. The van der Waals surface area contributed by atoms with Crippen LogP contribution in [0, 0.1) is 3.57 Å². The fourth-order valence-corrected chi connectivity index (χ4v) is 2.62. The molecule has 94 valence electrons. The van der Waals surface area contributed by atoms with Gasteiger partial charge in [-0.1, -0.05) is 6.07 Å². The first-order chi connectivity index (χ1) is 9.22. The second kappa shape index (κ2) is 5.05. The highest BCUT2D eigenvalue weighted by Gasteiger charge is 2.02. The Bertz CT molecular complexity index is 740. The van der Waals surface area contributed by atoms with Crippen molar-refractivity contribution in [2.75, 3.05) is 11.1 Å². The standard InChI is InChI=1S/C15H12IN3/c16-13-9-11(17)3-5-15(13)19-12-4-6-14-10(8-12)2-1-7-18-14/h1-9,19H,17H2. The molecule has 0 radical (unpaired) electrons. The number of nitrogens with two attached hydrogens (primary N) is 1. The Labute approximate surface area is 125 Å². The van der Waals surface area contributed by atoms with E-state index in [1.165, 1.54) is 0 Å². The van der Waals surface area contributed by atoms with Crippen LogP contribution in [0.2, 0.25) is 0 Å². The molecule has 3 aromatic rings. The minimum absolute atomic E-state index is 0.776. The van der Waals surface area contributed by atoms with E-state index >= 15 is 0 Å². The van der Waals surface area contributed by atoms with E-state index in [2.05, 4.69) is 45.0 Å². The van der Waals surface area contributed by atoms with E-state index in [9.17, 15) is 0 Å². The summed E-state index contributed by atoms with van der Waals surface area (Å²) in [5.74, 6) is 0. The molecule has 0 atom stereocenters. The number of aromatic nitrogens is 1. The lowest BCUT2D eigenvalue weighted by Gasteiger charge is -2.10. The number of nitrogen functional groups attached to an aromatic ring is 1. The molecule has 3 N–H and O–H groups in total. The highest BCUT2D eigenvalue weighted by Crippen LogP contribution is 2.26. The number of benzene rings is 2. The minimum Gasteiger partial charge on any atom is -0.399 e. The van der Waals surface area contributed by atoms with Crippen LogP contribution in [0.1, 0.15) is 0 Å². The van der Waals surface area contributed by atoms with Gasteiger partial charge in [-0.05, 0) is 65.1 Å². The molecule has 4 heteroatoms. The summed E-state index contributed by atoms with van der Waals surface area (Å²) in [7, 11) is 0. The van der Waals surface area contributed by atoms with E-state index in [4.69, 9.17) is 5.73 Å². The fourth-order valence-electron chi connectivity index (χ4n) is 1.94. The van der Waals surface area contributed by atoms with E-state index in [0.29, 0.717) is 0 Å². The van der Waals surface area contributed by atoms with Gasteiger partial charge in [-0.2, -0.15) is 0 Å². The second-order valence-electron chi connectivity index (χ2n) is 4.28. The molecule has 0 bridgehead atoms. The summed E-state index contributed by atoms with van der Waals surface area (Å²) in [6.45, 7) is 0. The van der Waals surface area contributed by atoms with Crippen molar-refractivity contribution < 1.29 is 0 Å². The molecule has 2 aromatic carbocycles. The largest absolute Gasteiger partial charge is 0.399 e. The zero-order valence-electron chi connectivity index (χ0n) is 10.1. The van der Waals surface area contributed by atoms with Crippen molar-refractivity contribution in [3.8, 4) is 0 Å². The van der Waals surface area contributed by atoms with E-state index in [1.807, 2.05) is 36.4 Å². The van der Waals surface area contributed by atoms with Gasteiger partial charge >= 0.3 is 0 Å². The summed E-state index contributed by atoms with van der Waals surface area (Å²) >= 11 is 2.28. The molecule has 0 unspecified atom stereocenters. The third-order valence-electron chi connectivity index (χ3n) is 2.88. The first-order valence-corrected chi connectivity index (χ1v) is 6.97. The maximum absolute atomic E-state index is 5.75. The minimum atomic E-state index is 0.776. The normalized spacial score (nSPS) is 10.6. The van der Waals surface area contributed by atoms with Gasteiger partial charge in [0.2, 0.25) is 0 Å². The molecule has 0 aliphatic carbocycles. The fraction of sp³-hybridized carbons (Fsp3) is 0. The quantitative estimate of drug-likeness (QED) is 0.532. The van der Waals surface area contributed by atoms with Crippen molar-refractivity contribution in [1.29, 1.82) is 0 Å². The molecule has 0 spiro atoms. The molecule has 19 heavy (non-hydrogen) atoms. The molecule has 1 aromatic heterocycles. The highest BCUT2D eigenvalue weighted by atomic mass is 127. The number of fused-ring (bicyclic) bond motifs is 1. The van der Waals surface area contributed by atoms with Crippen molar-refractivity contribution in [3.05, 3.63) is 58.3 Å². The van der Waals surface area contributed by atoms with Gasteiger partial charge in [0.15, 0.2) is 0 Å². The summed E-state index contributed by atoms with van der Waals surface area (Å²) in [6.07, 6.45) is 1.80. The third-order valence-corrected chi connectivity index (χ3v) is 3.77. The van der Waals surface area contributed by atoms with Crippen LogP contribution in [0.4, 0.5) is 17.1 Å². The Kier molecular flexibility index (Phi) is 3.25. The van der Waals surface area contributed by atoms with Gasteiger partial charge < -0.3 is 11.1 Å². The van der Waals surface area contributed by atoms with Crippen LogP contribution >= 0.6 is 22.6 Å². The van der Waals surface area contributed by atoms with Gasteiger partial charge in [0, 0.05) is 26.5 Å². The van der Waals surface area contributed by atoms with Gasteiger partial charge in [-0.25, -0.2) is 0 Å². The Morgan fingerprint density at radius 2 is 1.95 bits per heavy atom. The molecule has 0 amide bonds. The predicted octanol–water partition coefficient (Wildman–Crippen LogP) is 4.17. The zero-order chi connectivity index (χ0) is 13.2. The number of pyridine rings is 1. The van der Waals surface area contributed by atoms with Gasteiger partial charge in [-0.15, -0.1) is 0 Å². The molecule has 0 saturated heterocycles. The van der Waals surface area contributed by atoms with Crippen molar-refractivity contribution >= 4 is 50.6 Å². The summed E-state index contributed by atoms with van der Waals surface area (Å²) in [4.78, 5) is 4.31. The maximum atomic E-state index is 5.75. The summed E-state index contributed by atoms with van der Waals surface area (Å²) in [6, 6.07) is 16.0. The van der Waals surface area contributed by atoms with Crippen LogP contribution in [-0.4, -0.2) is 4.98 Å². The van der Waals surface area contributed by atoms with Crippen LogP contribution in [0.25, 0.3) is 10.9 Å². The summed E-state index contributed by atoms with van der Waals surface area (Å²) in [5, 5.41) is 4.52. The average molecular weight is 361 g/mol. The average Bonchev–Trinajstić information content (AvgIpc) is 2.42. The molecule has 0 fully saturated rings. The van der Waals surface area contributed by atoms with E-state index in [-0.39, 0.29) is 0 Å². The second-order valence-corrected chi connectivity index (χ2v) is 5.44. The molecule has 0 saturated carbocycles. The van der Waals surface area contributed by atoms with Crippen molar-refractivity contribution in [2.24, 2.45) is 0 Å². The zero-order valence-corrected chi connectivity index (χ0v) is 12.3. The number of rotatable bonds is 2. The van der Waals surface area contributed by atoms with Gasteiger partial charge in [0.25, 0.3) is 0 Å². The summed E-state index contributed by atoms with van der Waals surface area (Å²) in [5.41, 5.74) is 9.63. The molecule has 1 heterocycles. The molecule has 0 aliphatic heterocycles. The number of nitrogens with zero attached hydrogens (tertiary/aromatic N) is 1. The Balaban J connectivity index is 1.96. The van der Waals surface area contributed by atoms with Gasteiger partial charge in [-0.3, -0.25) is 4.98 Å². The number of hydrogen-bond acceptors (Lipinski definition) is 3. The molecule has 3 nitrogen and oxygen atoms in total. The first-order valence-electron chi connectivity index (χ1n) is 5.89. The number of hydrogen-bond donors (Lipinski definition) is 2. The number of halogens is 1. The highest BCUT2D eigenvalue weighted by molar-refractivity contribution is 14.1. The van der Waals surface area contributed by atoms with Crippen molar-refractivity contribution in [3.63, 3.8) is 0 Å². The number of nitrogens with one attached hydrogen (secondary N) is 1. The summed E-state index contributed by atoms with van der Waals surface area (Å²) < 4.78 is 1.10. The van der Waals surface area contributed by atoms with E-state index in [0.717, 1.165) is 31.5 Å². The first kappa shape index (κ1) is 12.2. The number of anilines is 3. The van der Waals surface area contributed by atoms with Crippen LogP contribution in [-0.2, 0) is 0 Å². The van der Waals surface area contributed by atoms with Crippen molar-refractivity contribution in [1.82, 2.24) is 4.98 Å². The lowest BCUT2D eigenvalue weighted by molar-refractivity contribution is 1.41. The molecular formula is C15H12IN3. The SMILES string of the molecule is Nc1ccc(Nc2ccc3ncccc3c2)c(I)c1. The van der Waals surface area contributed by atoms with Gasteiger partial charge in [0.1, 0.15) is 0 Å². The Morgan fingerprint density at radius 1 is 1.05 bits per heavy atom. The van der Waals surface area contributed by atoms with Gasteiger partial charge in [0.05, 0.1) is 11.2 Å². The molecule has 3 rings (SSSR count). The van der Waals surface area contributed by atoms with Crippen molar-refractivity contribution in [2.45, 2.75) is 0 Å². The monoisotopic (exact) mass is 361 g/mol. The lowest BCUT2D eigenvalue weighted by Crippen LogP contribution is -1.94. The smallest absolute Gasteiger partial charge is 0.0703 e. The lowest BCUT2D eigenvalue weighted by atomic mass is 10.2. The van der Waals surface area contributed by atoms with Crippen LogP contribution in [0.3, 0.4) is 0 Å². The Hall–Kier alpha value is -1.82. The Morgan fingerprint density at radius 3 is 2.79 bits per heavy atom.